The molecule has 1 N–H and O–H groups in total. The summed E-state index contributed by atoms with van der Waals surface area (Å²) in [7, 11) is 0. The molecule has 3 heteroatoms. The van der Waals surface area contributed by atoms with Crippen LogP contribution in [0.5, 0.6) is 0 Å². The zero-order chi connectivity index (χ0) is 19.2. The number of likely N-dealkylation sites (tertiary alicyclic amines) is 1. The fraction of sp³-hybridized carbons (Fsp3) is 0.458. The molecule has 1 atom stereocenters. The van der Waals surface area contributed by atoms with Crippen molar-refractivity contribution in [3.63, 3.8) is 0 Å². The monoisotopic (exact) mass is 364 g/mol. The minimum Gasteiger partial charge on any atom is -0.350 e. The maximum atomic E-state index is 12.7. The van der Waals surface area contributed by atoms with Crippen LogP contribution in [0.3, 0.4) is 0 Å². The molecule has 1 aliphatic rings. The van der Waals surface area contributed by atoms with Crippen LogP contribution >= 0.6 is 0 Å². The van der Waals surface area contributed by atoms with E-state index in [1.165, 1.54) is 30.4 Å². The first-order chi connectivity index (χ1) is 13.1. The molecule has 1 aliphatic heterocycles. The van der Waals surface area contributed by atoms with E-state index >= 15 is 0 Å². The summed E-state index contributed by atoms with van der Waals surface area (Å²) in [6.45, 7) is 9.29. The molecular formula is C24H32N2O. The Morgan fingerprint density at radius 3 is 2.22 bits per heavy atom. The molecule has 3 rings (SSSR count). The number of benzene rings is 2. The number of hydrogen-bond donors (Lipinski definition) is 1. The van der Waals surface area contributed by atoms with E-state index in [1.807, 2.05) is 31.2 Å². The normalized spacial score (nSPS) is 16.3. The van der Waals surface area contributed by atoms with E-state index in [9.17, 15) is 4.79 Å². The molecule has 1 saturated heterocycles. The van der Waals surface area contributed by atoms with Crippen molar-refractivity contribution in [2.45, 2.75) is 52.0 Å². The molecule has 2 aromatic carbocycles. The molecule has 0 bridgehead atoms. The van der Waals surface area contributed by atoms with Gasteiger partial charge in [-0.2, -0.15) is 0 Å². The molecule has 0 aliphatic carbocycles. The number of piperidine rings is 1. The van der Waals surface area contributed by atoms with E-state index in [1.54, 1.807) is 0 Å². The maximum Gasteiger partial charge on any atom is 0.251 e. The summed E-state index contributed by atoms with van der Waals surface area (Å²) in [6, 6.07) is 17.0. The summed E-state index contributed by atoms with van der Waals surface area (Å²) in [5, 5.41) is 3.19. The first-order valence-electron chi connectivity index (χ1n) is 10.2. The summed E-state index contributed by atoms with van der Waals surface area (Å²) in [5.41, 5.74) is 4.45. The molecular weight excluding hydrogens is 332 g/mol. The van der Waals surface area contributed by atoms with Crippen molar-refractivity contribution in [1.82, 2.24) is 10.2 Å². The van der Waals surface area contributed by atoms with Crippen LogP contribution in [0.1, 0.15) is 72.1 Å². The number of carbonyl (C=O) groups is 1. The third-order valence-electron chi connectivity index (χ3n) is 5.66. The first kappa shape index (κ1) is 19.6. The van der Waals surface area contributed by atoms with Crippen LogP contribution in [-0.4, -0.2) is 30.4 Å². The molecule has 0 unspecified atom stereocenters. The second-order valence-corrected chi connectivity index (χ2v) is 7.96. The Morgan fingerprint density at radius 1 is 0.963 bits per heavy atom. The fourth-order valence-corrected chi connectivity index (χ4v) is 3.90. The Labute approximate surface area is 163 Å². The minimum absolute atomic E-state index is 0.0221. The number of nitrogens with zero attached hydrogens (tertiary/aromatic N) is 1. The van der Waals surface area contributed by atoms with Crippen molar-refractivity contribution in [2.75, 3.05) is 19.6 Å². The smallest absolute Gasteiger partial charge is 0.251 e. The molecule has 27 heavy (non-hydrogen) atoms. The number of carbonyl (C=O) groups excluding carboxylic acids is 1. The molecule has 3 nitrogen and oxygen atoms in total. The number of aryl methyl sites for hydroxylation is 1. The van der Waals surface area contributed by atoms with Gasteiger partial charge in [-0.25, -0.2) is 0 Å². The number of nitrogens with one attached hydrogen (secondary N) is 1. The third-order valence-corrected chi connectivity index (χ3v) is 5.66. The molecule has 144 valence electrons. The number of rotatable bonds is 6. The van der Waals surface area contributed by atoms with E-state index in [2.05, 4.69) is 48.3 Å². The van der Waals surface area contributed by atoms with Gasteiger partial charge < -0.3 is 5.32 Å². The van der Waals surface area contributed by atoms with Crippen LogP contribution in [0.25, 0.3) is 0 Å². The summed E-state index contributed by atoms with van der Waals surface area (Å²) in [4.78, 5) is 15.2. The van der Waals surface area contributed by atoms with Crippen LogP contribution in [0.4, 0.5) is 0 Å². The standard InChI is InChI=1S/C24H32N2O/c1-18(2)20-11-13-21(14-12-20)23(26-15-7-4-8-16-26)17-25-24(27)22-10-6-5-9-19(22)3/h5-6,9-14,18,23H,4,7-8,15-17H2,1-3H3,(H,25,27)/t23-/m0/s1. The van der Waals surface area contributed by atoms with Gasteiger partial charge in [0.1, 0.15) is 0 Å². The van der Waals surface area contributed by atoms with Crippen molar-refractivity contribution in [2.24, 2.45) is 0 Å². The molecule has 2 aromatic rings. The average Bonchev–Trinajstić information content (AvgIpc) is 2.69. The quantitative estimate of drug-likeness (QED) is 0.775. The number of hydrogen-bond acceptors (Lipinski definition) is 2. The zero-order valence-electron chi connectivity index (χ0n) is 16.9. The van der Waals surface area contributed by atoms with E-state index < -0.39 is 0 Å². The highest BCUT2D eigenvalue weighted by molar-refractivity contribution is 5.95. The van der Waals surface area contributed by atoms with Gasteiger partial charge in [0.15, 0.2) is 0 Å². The van der Waals surface area contributed by atoms with Gasteiger partial charge in [-0.15, -0.1) is 0 Å². The molecule has 1 amide bonds. The molecule has 0 saturated carbocycles. The fourth-order valence-electron chi connectivity index (χ4n) is 3.90. The topological polar surface area (TPSA) is 32.3 Å². The second kappa shape index (κ2) is 9.18. The summed E-state index contributed by atoms with van der Waals surface area (Å²) >= 11 is 0. The first-order valence-corrected chi connectivity index (χ1v) is 10.2. The SMILES string of the molecule is Cc1ccccc1C(=O)NC[C@@H](c1ccc(C(C)C)cc1)N1CCCCC1. The van der Waals surface area contributed by atoms with Gasteiger partial charge in [0.25, 0.3) is 5.91 Å². The lowest BCUT2D eigenvalue weighted by molar-refractivity contribution is 0.0924. The van der Waals surface area contributed by atoms with Gasteiger partial charge in [-0.1, -0.05) is 62.7 Å². The lowest BCUT2D eigenvalue weighted by Crippen LogP contribution is -2.40. The van der Waals surface area contributed by atoms with Crippen molar-refractivity contribution < 1.29 is 4.79 Å². The van der Waals surface area contributed by atoms with E-state index in [-0.39, 0.29) is 11.9 Å². The molecule has 0 spiro atoms. The highest BCUT2D eigenvalue weighted by Gasteiger charge is 2.23. The van der Waals surface area contributed by atoms with Crippen molar-refractivity contribution in [3.8, 4) is 0 Å². The molecule has 1 heterocycles. The largest absolute Gasteiger partial charge is 0.350 e. The number of amides is 1. The van der Waals surface area contributed by atoms with Crippen LogP contribution in [0, 0.1) is 6.92 Å². The minimum atomic E-state index is 0.0221. The van der Waals surface area contributed by atoms with Gasteiger partial charge in [0.2, 0.25) is 0 Å². The predicted molar refractivity (Wildman–Crippen MR) is 112 cm³/mol. The molecule has 0 radical (unpaired) electrons. The lowest BCUT2D eigenvalue weighted by atomic mass is 9.97. The van der Waals surface area contributed by atoms with Crippen LogP contribution in [-0.2, 0) is 0 Å². The summed E-state index contributed by atoms with van der Waals surface area (Å²) in [6.07, 6.45) is 3.80. The van der Waals surface area contributed by atoms with Crippen LogP contribution in [0.2, 0.25) is 0 Å². The van der Waals surface area contributed by atoms with Gasteiger partial charge in [-0.3, -0.25) is 9.69 Å². The van der Waals surface area contributed by atoms with Gasteiger partial charge >= 0.3 is 0 Å². The lowest BCUT2D eigenvalue weighted by Gasteiger charge is -2.35. The van der Waals surface area contributed by atoms with E-state index in [4.69, 9.17) is 0 Å². The third kappa shape index (κ3) is 4.98. The summed E-state index contributed by atoms with van der Waals surface area (Å²) in [5.74, 6) is 0.558. The highest BCUT2D eigenvalue weighted by atomic mass is 16.1. The van der Waals surface area contributed by atoms with Gasteiger partial charge in [0.05, 0.1) is 6.04 Å². The van der Waals surface area contributed by atoms with E-state index in [0.717, 1.165) is 24.2 Å². The molecule has 0 aromatic heterocycles. The Hall–Kier alpha value is -2.13. The molecule has 1 fully saturated rings. The van der Waals surface area contributed by atoms with Crippen molar-refractivity contribution >= 4 is 5.91 Å². The zero-order valence-corrected chi connectivity index (χ0v) is 16.9. The maximum absolute atomic E-state index is 12.7. The Balaban J connectivity index is 1.75. The summed E-state index contributed by atoms with van der Waals surface area (Å²) < 4.78 is 0. The Morgan fingerprint density at radius 2 is 1.59 bits per heavy atom. The van der Waals surface area contributed by atoms with E-state index in [0.29, 0.717) is 12.5 Å². The average molecular weight is 365 g/mol. The highest BCUT2D eigenvalue weighted by Crippen LogP contribution is 2.26. The second-order valence-electron chi connectivity index (χ2n) is 7.96. The van der Waals surface area contributed by atoms with Gasteiger partial charge in [0, 0.05) is 12.1 Å². The Bertz CT molecular complexity index is 745. The predicted octanol–water partition coefficient (Wildman–Crippen LogP) is 5.08. The van der Waals surface area contributed by atoms with Crippen molar-refractivity contribution in [3.05, 3.63) is 70.8 Å². The van der Waals surface area contributed by atoms with Crippen LogP contribution < -0.4 is 5.32 Å². The van der Waals surface area contributed by atoms with Gasteiger partial charge in [-0.05, 0) is 61.5 Å². The Kier molecular flexibility index (Phi) is 6.68. The van der Waals surface area contributed by atoms with Crippen molar-refractivity contribution in [1.29, 1.82) is 0 Å². The van der Waals surface area contributed by atoms with Crippen LogP contribution in [0.15, 0.2) is 48.5 Å².